The van der Waals surface area contributed by atoms with E-state index < -0.39 is 48.6 Å². The summed E-state index contributed by atoms with van der Waals surface area (Å²) < 4.78 is 81.9. The minimum Gasteiger partial charge on any atom is -0.478 e. The molecule has 10 heteroatoms. The number of hydrogen-bond donors (Lipinski definition) is 1. The fourth-order valence-corrected chi connectivity index (χ4v) is 1.27. The monoisotopic (exact) mass is 318 g/mol. The smallest absolute Gasteiger partial charge is 0.419 e. The maximum atomic E-state index is 12.7. The average Bonchev–Trinajstić information content (AvgIpc) is 2.32. The molecule has 0 saturated carbocycles. The largest absolute Gasteiger partial charge is 0.478 e. The van der Waals surface area contributed by atoms with Crippen molar-refractivity contribution < 1.29 is 45.7 Å². The summed E-state index contributed by atoms with van der Waals surface area (Å²) in [5.41, 5.74) is -2.05. The molecule has 0 aliphatic heterocycles. The van der Waals surface area contributed by atoms with E-state index in [1.54, 1.807) is 0 Å². The van der Waals surface area contributed by atoms with Crippen LogP contribution in [0.15, 0.2) is 18.2 Å². The molecule has 0 amide bonds. The van der Waals surface area contributed by atoms with Gasteiger partial charge in [-0.1, -0.05) is 0 Å². The predicted molar refractivity (Wildman–Crippen MR) is 55.9 cm³/mol. The number of carboxylic acids is 1. The zero-order chi connectivity index (χ0) is 16.3. The van der Waals surface area contributed by atoms with Gasteiger partial charge in [0.2, 0.25) is 0 Å². The quantitative estimate of drug-likeness (QED) is 0.514. The summed E-state index contributed by atoms with van der Waals surface area (Å²) in [6, 6.07) is 1.85. The summed E-state index contributed by atoms with van der Waals surface area (Å²) in [4.78, 5) is 10.6. The number of carboxylic acid groups (broad SMARTS) is 1. The van der Waals surface area contributed by atoms with E-state index in [1.807, 2.05) is 0 Å². The van der Waals surface area contributed by atoms with Crippen molar-refractivity contribution in [2.24, 2.45) is 0 Å². The van der Waals surface area contributed by atoms with Crippen molar-refractivity contribution in [3.05, 3.63) is 29.3 Å². The number of hydrogen-bond acceptors (Lipinski definition) is 3. The summed E-state index contributed by atoms with van der Waals surface area (Å²) in [6.45, 7) is -2.74. The lowest BCUT2D eigenvalue weighted by Crippen LogP contribution is -2.19. The number of halogens is 6. The fraction of sp³-hybridized carbons (Fsp3) is 0.364. The number of carbonyl (C=O) groups is 1. The van der Waals surface area contributed by atoms with Gasteiger partial charge in [-0.3, -0.25) is 0 Å². The highest BCUT2D eigenvalue weighted by Gasteiger charge is 2.35. The molecule has 0 heterocycles. The number of aromatic carboxylic acids is 1. The second kappa shape index (κ2) is 6.20. The summed E-state index contributed by atoms with van der Waals surface area (Å²) in [5, 5.41) is 8.61. The Balaban J connectivity index is 2.84. The summed E-state index contributed by atoms with van der Waals surface area (Å²) >= 11 is 0. The molecule has 1 aromatic carbocycles. The normalized spacial score (nSPS) is 12.3. The van der Waals surface area contributed by atoms with Crippen LogP contribution in [0.3, 0.4) is 0 Å². The fourth-order valence-electron chi connectivity index (χ4n) is 1.27. The van der Waals surface area contributed by atoms with Crippen molar-refractivity contribution in [2.45, 2.75) is 12.4 Å². The number of alkyl halides is 6. The molecule has 0 spiro atoms. The van der Waals surface area contributed by atoms with E-state index >= 15 is 0 Å². The van der Waals surface area contributed by atoms with E-state index in [0.717, 1.165) is 6.07 Å². The van der Waals surface area contributed by atoms with Gasteiger partial charge in [0.1, 0.15) is 12.4 Å². The van der Waals surface area contributed by atoms with Crippen molar-refractivity contribution in [1.82, 2.24) is 0 Å². The lowest BCUT2D eigenvalue weighted by Gasteiger charge is -2.15. The Labute approximate surface area is 113 Å². The van der Waals surface area contributed by atoms with Crippen molar-refractivity contribution in [3.8, 4) is 5.75 Å². The van der Waals surface area contributed by atoms with Gasteiger partial charge < -0.3 is 14.6 Å². The molecule has 0 aromatic heterocycles. The summed E-state index contributed by atoms with van der Waals surface area (Å²) in [6.07, 6.45) is -9.56. The molecule has 1 aromatic rings. The van der Waals surface area contributed by atoms with Crippen LogP contribution in [0.5, 0.6) is 5.75 Å². The van der Waals surface area contributed by atoms with E-state index in [4.69, 9.17) is 5.11 Å². The molecule has 0 fully saturated rings. The molecule has 0 aliphatic rings. The van der Waals surface area contributed by atoms with Crippen LogP contribution in [0.4, 0.5) is 26.3 Å². The summed E-state index contributed by atoms with van der Waals surface area (Å²) in [5.74, 6) is -2.41. The SMILES string of the molecule is O=C(O)c1ccc(OCOCC(F)(F)F)c(C(F)(F)F)c1. The molecule has 0 aliphatic carbocycles. The topological polar surface area (TPSA) is 55.8 Å². The summed E-state index contributed by atoms with van der Waals surface area (Å²) in [7, 11) is 0. The van der Waals surface area contributed by atoms with Gasteiger partial charge in [-0.2, -0.15) is 26.3 Å². The Morgan fingerprint density at radius 1 is 1.14 bits per heavy atom. The van der Waals surface area contributed by atoms with Crippen LogP contribution in [0.25, 0.3) is 0 Å². The number of benzene rings is 1. The molecule has 1 rings (SSSR count). The van der Waals surface area contributed by atoms with Crippen LogP contribution in [-0.4, -0.2) is 30.7 Å². The second-order valence-electron chi connectivity index (χ2n) is 3.74. The van der Waals surface area contributed by atoms with Gasteiger partial charge in [0.05, 0.1) is 11.1 Å². The van der Waals surface area contributed by atoms with Gasteiger partial charge in [0.25, 0.3) is 0 Å². The Morgan fingerprint density at radius 3 is 2.24 bits per heavy atom. The first-order chi connectivity index (χ1) is 9.50. The van der Waals surface area contributed by atoms with Gasteiger partial charge in [0.15, 0.2) is 6.79 Å². The molecule has 4 nitrogen and oxygen atoms in total. The lowest BCUT2D eigenvalue weighted by molar-refractivity contribution is -0.187. The van der Waals surface area contributed by atoms with E-state index in [9.17, 15) is 31.1 Å². The predicted octanol–water partition coefficient (Wildman–Crippen LogP) is 3.32. The molecule has 0 atom stereocenters. The third-order valence-electron chi connectivity index (χ3n) is 2.10. The highest BCUT2D eigenvalue weighted by Crippen LogP contribution is 2.36. The molecule has 21 heavy (non-hydrogen) atoms. The maximum Gasteiger partial charge on any atom is 0.419 e. The molecular formula is C11H8F6O4. The van der Waals surface area contributed by atoms with Gasteiger partial charge in [-0.25, -0.2) is 4.79 Å². The molecule has 0 radical (unpaired) electrons. The number of rotatable bonds is 5. The second-order valence-corrected chi connectivity index (χ2v) is 3.74. The first-order valence-corrected chi connectivity index (χ1v) is 5.22. The van der Waals surface area contributed by atoms with E-state index in [2.05, 4.69) is 9.47 Å². The Morgan fingerprint density at radius 2 is 1.76 bits per heavy atom. The Bertz CT molecular complexity index is 508. The van der Waals surface area contributed by atoms with Gasteiger partial charge >= 0.3 is 18.3 Å². The highest BCUT2D eigenvalue weighted by atomic mass is 19.4. The Hall–Kier alpha value is -1.97. The molecule has 0 bridgehead atoms. The van der Waals surface area contributed by atoms with Gasteiger partial charge in [-0.15, -0.1) is 0 Å². The van der Waals surface area contributed by atoms with Crippen molar-refractivity contribution in [2.75, 3.05) is 13.4 Å². The van der Waals surface area contributed by atoms with Crippen LogP contribution >= 0.6 is 0 Å². The molecular weight excluding hydrogens is 310 g/mol. The average molecular weight is 318 g/mol. The standard InChI is InChI=1S/C11H8F6O4/c12-10(13,14)4-20-5-21-8-2-1-6(9(18)19)3-7(8)11(15,16)17/h1-3H,4-5H2,(H,18,19). The first-order valence-electron chi connectivity index (χ1n) is 5.22. The maximum absolute atomic E-state index is 12.7. The minimum absolute atomic E-state index is 0.321. The lowest BCUT2D eigenvalue weighted by atomic mass is 10.1. The zero-order valence-electron chi connectivity index (χ0n) is 10.1. The third kappa shape index (κ3) is 5.50. The van der Waals surface area contributed by atoms with Crippen molar-refractivity contribution in [1.29, 1.82) is 0 Å². The minimum atomic E-state index is -4.93. The van der Waals surface area contributed by atoms with Crippen LogP contribution in [0.1, 0.15) is 15.9 Å². The van der Waals surface area contributed by atoms with E-state index in [0.29, 0.717) is 12.1 Å². The van der Waals surface area contributed by atoms with Crippen LogP contribution in [-0.2, 0) is 10.9 Å². The third-order valence-corrected chi connectivity index (χ3v) is 2.10. The van der Waals surface area contributed by atoms with E-state index in [1.165, 1.54) is 0 Å². The highest BCUT2D eigenvalue weighted by molar-refractivity contribution is 5.88. The molecule has 118 valence electrons. The zero-order valence-corrected chi connectivity index (χ0v) is 10.1. The van der Waals surface area contributed by atoms with Crippen LogP contribution < -0.4 is 4.74 Å². The first kappa shape index (κ1) is 17.1. The molecule has 1 N–H and O–H groups in total. The number of ether oxygens (including phenoxy) is 2. The van der Waals surface area contributed by atoms with Crippen molar-refractivity contribution in [3.63, 3.8) is 0 Å². The van der Waals surface area contributed by atoms with Crippen LogP contribution in [0, 0.1) is 0 Å². The molecule has 0 saturated heterocycles. The van der Waals surface area contributed by atoms with Gasteiger partial charge in [0, 0.05) is 0 Å². The Kier molecular flexibility index (Phi) is 5.05. The molecule has 0 unspecified atom stereocenters. The van der Waals surface area contributed by atoms with Crippen molar-refractivity contribution >= 4 is 5.97 Å². The van der Waals surface area contributed by atoms with Gasteiger partial charge in [-0.05, 0) is 18.2 Å². The van der Waals surface area contributed by atoms with E-state index in [-0.39, 0.29) is 0 Å². The van der Waals surface area contributed by atoms with Crippen LogP contribution in [0.2, 0.25) is 0 Å².